The van der Waals surface area contributed by atoms with Gasteiger partial charge in [0.05, 0.1) is 0 Å². The number of rotatable bonds is 3. The quantitative estimate of drug-likeness (QED) is 0.433. The summed E-state index contributed by atoms with van der Waals surface area (Å²) in [4.78, 5) is 4.67. The largest absolute Gasteiger partial charge is 0.316 e. The molecule has 26 heavy (non-hydrogen) atoms. The van der Waals surface area contributed by atoms with Crippen LogP contribution in [0.15, 0.2) is 95.7 Å². The Hall–Kier alpha value is -2.65. The Morgan fingerprint density at radius 3 is 2.54 bits per heavy atom. The number of aromatic nitrogens is 2. The maximum atomic E-state index is 4.67. The normalized spacial score (nSPS) is 17.7. The Morgan fingerprint density at radius 1 is 0.885 bits per heavy atom. The van der Waals surface area contributed by atoms with Gasteiger partial charge in [0.1, 0.15) is 11.4 Å². The first kappa shape index (κ1) is 15.6. The molecule has 1 atom stereocenters. The van der Waals surface area contributed by atoms with Crippen molar-refractivity contribution in [3.05, 3.63) is 112 Å². The molecule has 0 amide bonds. The van der Waals surface area contributed by atoms with E-state index in [4.69, 9.17) is 0 Å². The van der Waals surface area contributed by atoms with Gasteiger partial charge in [-0.3, -0.25) is 0 Å². The van der Waals surface area contributed by atoms with Gasteiger partial charge in [0.2, 0.25) is 0 Å². The van der Waals surface area contributed by atoms with Crippen molar-refractivity contribution >= 4 is 15.9 Å². The lowest BCUT2D eigenvalue weighted by Crippen LogP contribution is -2.35. The van der Waals surface area contributed by atoms with Crippen LogP contribution in [0.2, 0.25) is 0 Å². The van der Waals surface area contributed by atoms with Crippen LogP contribution in [-0.4, -0.2) is 9.55 Å². The van der Waals surface area contributed by atoms with Crippen LogP contribution in [0.5, 0.6) is 0 Å². The van der Waals surface area contributed by atoms with E-state index in [9.17, 15) is 0 Å². The second kappa shape index (κ2) is 5.96. The maximum Gasteiger partial charge on any atom is 0.141 e. The van der Waals surface area contributed by atoms with Crippen molar-refractivity contribution < 1.29 is 0 Å². The molecule has 1 aliphatic heterocycles. The minimum absolute atomic E-state index is 0.298. The Labute approximate surface area is 161 Å². The predicted octanol–water partition coefficient (Wildman–Crippen LogP) is 5.66. The van der Waals surface area contributed by atoms with E-state index in [2.05, 4.69) is 111 Å². The number of nitrogens with zero attached hydrogens (tertiary/aromatic N) is 2. The topological polar surface area (TPSA) is 17.8 Å². The molecule has 126 valence electrons. The highest BCUT2D eigenvalue weighted by Crippen LogP contribution is 2.48. The fraction of sp³-hybridized carbons (Fsp3) is 0.0870. The van der Waals surface area contributed by atoms with Gasteiger partial charge in [-0.05, 0) is 28.8 Å². The van der Waals surface area contributed by atoms with Gasteiger partial charge in [-0.1, -0.05) is 82.7 Å². The summed E-state index contributed by atoms with van der Waals surface area (Å²) in [5.41, 5.74) is 4.80. The first-order valence-electron chi connectivity index (χ1n) is 8.73. The second-order valence-electron chi connectivity index (χ2n) is 6.70. The number of halogens is 1. The highest BCUT2D eigenvalue weighted by Gasteiger charge is 2.44. The fourth-order valence-corrected chi connectivity index (χ4v) is 4.59. The van der Waals surface area contributed by atoms with Crippen LogP contribution in [0, 0.1) is 0 Å². The molecule has 0 spiro atoms. The van der Waals surface area contributed by atoms with Crippen molar-refractivity contribution in [2.75, 3.05) is 0 Å². The van der Waals surface area contributed by atoms with E-state index in [1.165, 1.54) is 22.3 Å². The molecule has 3 aromatic carbocycles. The summed E-state index contributed by atoms with van der Waals surface area (Å²) >= 11 is 3.66. The van der Waals surface area contributed by atoms with E-state index >= 15 is 0 Å². The number of fused-ring (bicyclic) bond motifs is 3. The summed E-state index contributed by atoms with van der Waals surface area (Å²) in [6.45, 7) is 0. The highest BCUT2D eigenvalue weighted by atomic mass is 79.9. The number of hydrogen-bond donors (Lipinski definition) is 0. The smallest absolute Gasteiger partial charge is 0.141 e. The van der Waals surface area contributed by atoms with E-state index in [0.717, 1.165) is 16.7 Å². The summed E-state index contributed by atoms with van der Waals surface area (Å²) in [6.07, 6.45) is 4.90. The van der Waals surface area contributed by atoms with Crippen molar-refractivity contribution in [1.29, 1.82) is 0 Å². The molecule has 0 radical (unpaired) electrons. The summed E-state index contributed by atoms with van der Waals surface area (Å²) in [6, 6.07) is 28.0. The second-order valence-corrected chi connectivity index (χ2v) is 7.62. The molecule has 0 fully saturated rings. The first-order chi connectivity index (χ1) is 12.8. The van der Waals surface area contributed by atoms with Gasteiger partial charge < -0.3 is 4.57 Å². The van der Waals surface area contributed by atoms with Crippen molar-refractivity contribution in [3.8, 4) is 11.4 Å². The Kier molecular flexibility index (Phi) is 3.57. The molecule has 4 aromatic rings. The molecule has 2 nitrogen and oxygen atoms in total. The summed E-state index contributed by atoms with van der Waals surface area (Å²) in [5.74, 6) is 1.04. The minimum Gasteiger partial charge on any atom is -0.316 e. The van der Waals surface area contributed by atoms with Crippen molar-refractivity contribution in [1.82, 2.24) is 9.55 Å². The molecule has 5 rings (SSSR count). The van der Waals surface area contributed by atoms with Gasteiger partial charge in [0, 0.05) is 28.9 Å². The van der Waals surface area contributed by atoms with Gasteiger partial charge in [0.15, 0.2) is 0 Å². The molecule has 0 aliphatic carbocycles. The lowest BCUT2D eigenvalue weighted by Gasteiger charge is -2.34. The van der Waals surface area contributed by atoms with E-state index in [1.807, 2.05) is 6.20 Å². The third-order valence-electron chi connectivity index (χ3n) is 5.27. The highest BCUT2D eigenvalue weighted by molar-refractivity contribution is 9.10. The number of benzene rings is 3. The summed E-state index contributed by atoms with van der Waals surface area (Å²) in [7, 11) is 0. The molecule has 3 heteroatoms. The van der Waals surface area contributed by atoms with Gasteiger partial charge in [-0.2, -0.15) is 0 Å². The van der Waals surface area contributed by atoms with Gasteiger partial charge in [-0.15, -0.1) is 0 Å². The predicted molar refractivity (Wildman–Crippen MR) is 108 cm³/mol. The van der Waals surface area contributed by atoms with Crippen LogP contribution in [-0.2, 0) is 12.0 Å². The van der Waals surface area contributed by atoms with Crippen molar-refractivity contribution in [3.63, 3.8) is 0 Å². The maximum absolute atomic E-state index is 4.67. The molecular formula is C23H17BrN2. The van der Waals surface area contributed by atoms with E-state index in [-0.39, 0.29) is 5.54 Å². The molecule has 0 unspecified atom stereocenters. The zero-order valence-corrected chi connectivity index (χ0v) is 15.7. The van der Waals surface area contributed by atoms with Crippen LogP contribution in [0.1, 0.15) is 16.7 Å². The van der Waals surface area contributed by atoms with Crippen LogP contribution in [0.3, 0.4) is 0 Å². The van der Waals surface area contributed by atoms with Crippen LogP contribution in [0.25, 0.3) is 11.4 Å². The van der Waals surface area contributed by atoms with Gasteiger partial charge in [0.25, 0.3) is 0 Å². The third-order valence-corrected chi connectivity index (χ3v) is 5.76. The Morgan fingerprint density at radius 2 is 1.69 bits per heavy atom. The van der Waals surface area contributed by atoms with Crippen LogP contribution >= 0.6 is 15.9 Å². The van der Waals surface area contributed by atoms with Gasteiger partial charge in [-0.25, -0.2) is 4.98 Å². The average Bonchev–Trinajstić information content (AvgIpc) is 3.25. The molecule has 0 bridgehead atoms. The zero-order chi connectivity index (χ0) is 17.6. The monoisotopic (exact) mass is 400 g/mol. The molecule has 2 heterocycles. The van der Waals surface area contributed by atoms with Crippen LogP contribution < -0.4 is 0 Å². The summed E-state index contributed by atoms with van der Waals surface area (Å²) in [5, 5.41) is 0. The van der Waals surface area contributed by atoms with E-state index < -0.39 is 0 Å². The molecule has 0 N–H and O–H groups in total. The van der Waals surface area contributed by atoms with Crippen molar-refractivity contribution in [2.24, 2.45) is 0 Å². The standard InChI is InChI=1S/C23H17BrN2/c24-19-10-6-9-18(15-19)23(16-17-7-2-1-3-8-17)21-12-5-4-11-20(21)22-25-13-14-26(22)23/h1-15H,16H2/t23-/m1/s1. The average molecular weight is 401 g/mol. The number of imidazole rings is 1. The molecule has 1 aromatic heterocycles. The van der Waals surface area contributed by atoms with Crippen molar-refractivity contribution in [2.45, 2.75) is 12.0 Å². The lowest BCUT2D eigenvalue weighted by atomic mass is 9.78. The first-order valence-corrected chi connectivity index (χ1v) is 9.52. The lowest BCUT2D eigenvalue weighted by molar-refractivity contribution is 0.450. The third kappa shape index (κ3) is 2.20. The van der Waals surface area contributed by atoms with Crippen LogP contribution in [0.4, 0.5) is 0 Å². The fourth-order valence-electron chi connectivity index (χ4n) is 4.19. The summed E-state index contributed by atoms with van der Waals surface area (Å²) < 4.78 is 3.43. The van der Waals surface area contributed by atoms with E-state index in [0.29, 0.717) is 0 Å². The SMILES string of the molecule is Brc1cccc([C@]2(Cc3ccccc3)c3ccccc3-c3nccn32)c1. The Balaban J connectivity index is 1.84. The molecular weight excluding hydrogens is 384 g/mol. The molecule has 0 saturated carbocycles. The van der Waals surface area contributed by atoms with E-state index in [1.54, 1.807) is 0 Å². The Bertz CT molecular complexity index is 1080. The molecule has 1 aliphatic rings. The minimum atomic E-state index is -0.298. The molecule has 0 saturated heterocycles. The zero-order valence-electron chi connectivity index (χ0n) is 14.1. The van der Waals surface area contributed by atoms with Gasteiger partial charge >= 0.3 is 0 Å². The number of hydrogen-bond acceptors (Lipinski definition) is 1.